The Morgan fingerprint density at radius 1 is 1.15 bits per heavy atom. The molecule has 132 valence electrons. The zero-order valence-corrected chi connectivity index (χ0v) is 16.1. The van der Waals surface area contributed by atoms with Gasteiger partial charge < -0.3 is 0 Å². The van der Waals surface area contributed by atoms with Crippen molar-refractivity contribution in [3.05, 3.63) is 75.5 Å². The van der Waals surface area contributed by atoms with E-state index in [1.54, 1.807) is 29.1 Å². The first-order chi connectivity index (χ1) is 13.1. The molecule has 2 aromatic carbocycles. The highest BCUT2D eigenvalue weighted by Crippen LogP contribution is 2.28. The van der Waals surface area contributed by atoms with Crippen LogP contribution >= 0.6 is 27.5 Å². The minimum atomic E-state index is 0.457. The normalized spacial score (nSPS) is 10.7. The van der Waals surface area contributed by atoms with Crippen molar-refractivity contribution >= 4 is 27.5 Å². The zero-order valence-electron chi connectivity index (χ0n) is 13.8. The fraction of sp³-hybridized carbons (Fsp3) is 0.0556. The van der Waals surface area contributed by atoms with Gasteiger partial charge in [-0.05, 0) is 57.0 Å². The Kier molecular flexibility index (Phi) is 4.71. The highest BCUT2D eigenvalue weighted by Gasteiger charge is 2.16. The minimum absolute atomic E-state index is 0.457. The van der Waals surface area contributed by atoms with E-state index in [2.05, 4.69) is 42.5 Å². The van der Waals surface area contributed by atoms with Crippen molar-refractivity contribution in [1.82, 2.24) is 30.0 Å². The van der Waals surface area contributed by atoms with E-state index in [9.17, 15) is 0 Å². The van der Waals surface area contributed by atoms with Crippen molar-refractivity contribution in [3.8, 4) is 23.1 Å². The average molecular weight is 441 g/mol. The van der Waals surface area contributed by atoms with Crippen LogP contribution in [0.1, 0.15) is 11.1 Å². The highest BCUT2D eigenvalue weighted by atomic mass is 79.9. The van der Waals surface area contributed by atoms with Gasteiger partial charge in [0.2, 0.25) is 5.82 Å². The van der Waals surface area contributed by atoms with Crippen LogP contribution in [0.2, 0.25) is 5.02 Å². The van der Waals surface area contributed by atoms with Gasteiger partial charge in [0.05, 0.1) is 35.6 Å². The quantitative estimate of drug-likeness (QED) is 0.481. The smallest absolute Gasteiger partial charge is 0.209 e. The summed E-state index contributed by atoms with van der Waals surface area (Å²) in [5.74, 6) is 0.462. The lowest BCUT2D eigenvalue weighted by molar-refractivity contribution is 0.573. The minimum Gasteiger partial charge on any atom is -0.226 e. The first kappa shape index (κ1) is 17.4. The molecule has 0 spiro atoms. The van der Waals surface area contributed by atoms with Crippen LogP contribution in [0, 0.1) is 11.3 Å². The molecule has 0 N–H and O–H groups in total. The van der Waals surface area contributed by atoms with Gasteiger partial charge in [-0.1, -0.05) is 29.8 Å². The second-order valence-electron chi connectivity index (χ2n) is 5.69. The first-order valence-corrected chi connectivity index (χ1v) is 9.08. The Hall–Kier alpha value is -3.02. The van der Waals surface area contributed by atoms with Crippen LogP contribution in [0.4, 0.5) is 0 Å². The summed E-state index contributed by atoms with van der Waals surface area (Å²) in [4.78, 5) is 1.50. The molecule has 0 aliphatic carbocycles. The van der Waals surface area contributed by atoms with Gasteiger partial charge in [0.25, 0.3) is 0 Å². The second kappa shape index (κ2) is 7.31. The average Bonchev–Trinajstić information content (AvgIpc) is 3.28. The van der Waals surface area contributed by atoms with Crippen molar-refractivity contribution in [2.75, 3.05) is 0 Å². The maximum atomic E-state index is 8.86. The third-order valence-corrected chi connectivity index (χ3v) is 4.86. The number of nitriles is 1. The Balaban J connectivity index is 1.59. The van der Waals surface area contributed by atoms with E-state index in [0.717, 1.165) is 16.8 Å². The number of aromatic nitrogens is 6. The van der Waals surface area contributed by atoms with E-state index in [-0.39, 0.29) is 0 Å². The van der Waals surface area contributed by atoms with Crippen molar-refractivity contribution in [2.24, 2.45) is 0 Å². The molecule has 0 unspecified atom stereocenters. The molecule has 7 nitrogen and oxygen atoms in total. The number of benzene rings is 2. The van der Waals surface area contributed by atoms with E-state index in [4.69, 9.17) is 16.9 Å². The van der Waals surface area contributed by atoms with Crippen LogP contribution in [-0.2, 0) is 6.54 Å². The fourth-order valence-corrected chi connectivity index (χ4v) is 3.30. The molecule has 0 saturated heterocycles. The summed E-state index contributed by atoms with van der Waals surface area (Å²) in [6, 6.07) is 16.7. The number of halogens is 2. The van der Waals surface area contributed by atoms with Crippen LogP contribution in [0.3, 0.4) is 0 Å². The van der Waals surface area contributed by atoms with Gasteiger partial charge in [-0.25, -0.2) is 4.68 Å². The molecule has 27 heavy (non-hydrogen) atoms. The Morgan fingerprint density at radius 2 is 1.96 bits per heavy atom. The van der Waals surface area contributed by atoms with Crippen molar-refractivity contribution in [1.29, 1.82) is 5.26 Å². The lowest BCUT2D eigenvalue weighted by Crippen LogP contribution is -2.04. The number of rotatable bonds is 4. The lowest BCUT2D eigenvalue weighted by atomic mass is 10.1. The van der Waals surface area contributed by atoms with Crippen molar-refractivity contribution in [3.63, 3.8) is 0 Å². The maximum absolute atomic E-state index is 8.86. The summed E-state index contributed by atoms with van der Waals surface area (Å²) >= 11 is 9.61. The molecule has 0 atom stereocenters. The molecule has 4 rings (SSSR count). The summed E-state index contributed by atoms with van der Waals surface area (Å²) in [6.07, 6.45) is 1.67. The van der Waals surface area contributed by atoms with Gasteiger partial charge in [-0.3, -0.25) is 0 Å². The molecule has 2 heterocycles. The molecule has 2 aromatic heterocycles. The Bertz CT molecular complexity index is 1140. The van der Waals surface area contributed by atoms with Crippen LogP contribution in [0.5, 0.6) is 0 Å². The largest absolute Gasteiger partial charge is 0.226 e. The monoisotopic (exact) mass is 439 g/mol. The van der Waals surface area contributed by atoms with E-state index in [1.165, 1.54) is 4.80 Å². The van der Waals surface area contributed by atoms with E-state index >= 15 is 0 Å². The van der Waals surface area contributed by atoms with Crippen molar-refractivity contribution in [2.45, 2.75) is 6.54 Å². The Morgan fingerprint density at radius 3 is 2.70 bits per heavy atom. The predicted molar refractivity (Wildman–Crippen MR) is 103 cm³/mol. The molecule has 4 aromatic rings. The molecule has 0 aliphatic heterocycles. The van der Waals surface area contributed by atoms with Gasteiger partial charge in [0, 0.05) is 5.02 Å². The van der Waals surface area contributed by atoms with E-state index < -0.39 is 0 Å². The zero-order chi connectivity index (χ0) is 18.8. The van der Waals surface area contributed by atoms with Crippen LogP contribution in [-0.4, -0.2) is 30.0 Å². The summed E-state index contributed by atoms with van der Waals surface area (Å²) in [5.41, 5.74) is 3.14. The topological polar surface area (TPSA) is 85.2 Å². The number of hydrogen-bond acceptors (Lipinski definition) is 5. The van der Waals surface area contributed by atoms with Gasteiger partial charge in [-0.2, -0.15) is 15.2 Å². The third kappa shape index (κ3) is 3.60. The third-order valence-electron chi connectivity index (χ3n) is 3.86. The molecule has 0 radical (unpaired) electrons. The van der Waals surface area contributed by atoms with E-state index in [0.29, 0.717) is 27.6 Å². The van der Waals surface area contributed by atoms with Crippen LogP contribution in [0.15, 0.2) is 59.3 Å². The molecule has 0 fully saturated rings. The molecule has 0 saturated carbocycles. The Labute approximate surface area is 167 Å². The van der Waals surface area contributed by atoms with Gasteiger partial charge in [0.15, 0.2) is 0 Å². The first-order valence-electron chi connectivity index (χ1n) is 7.91. The van der Waals surface area contributed by atoms with Gasteiger partial charge in [-0.15, -0.1) is 10.2 Å². The molecule has 9 heteroatoms. The number of nitrogens with zero attached hydrogens (tertiary/aromatic N) is 7. The second-order valence-corrected chi connectivity index (χ2v) is 6.88. The highest BCUT2D eigenvalue weighted by molar-refractivity contribution is 9.10. The van der Waals surface area contributed by atoms with Gasteiger partial charge in [0.1, 0.15) is 4.60 Å². The molecule has 0 bridgehead atoms. The summed E-state index contributed by atoms with van der Waals surface area (Å²) in [6.45, 7) is 0.457. The number of tetrazole rings is 1. The molecule has 0 amide bonds. The van der Waals surface area contributed by atoms with Crippen LogP contribution < -0.4 is 0 Å². The molecular weight excluding hydrogens is 430 g/mol. The van der Waals surface area contributed by atoms with Crippen molar-refractivity contribution < 1.29 is 0 Å². The summed E-state index contributed by atoms with van der Waals surface area (Å²) < 4.78 is 2.42. The summed E-state index contributed by atoms with van der Waals surface area (Å²) in [5, 5.41) is 26.5. The fourth-order valence-electron chi connectivity index (χ4n) is 2.54. The predicted octanol–water partition coefficient (Wildman–Crippen LogP) is 3.86. The molecule has 0 aliphatic rings. The maximum Gasteiger partial charge on any atom is 0.209 e. The SMILES string of the molecule is N#Cc1ccc(Cn2nnc(-c3cnn(-c4cccc(Cl)c4)c3Br)n2)cc1. The lowest BCUT2D eigenvalue weighted by Gasteiger charge is -2.03. The summed E-state index contributed by atoms with van der Waals surface area (Å²) in [7, 11) is 0. The molecular formula is C18H11BrClN7. The van der Waals surface area contributed by atoms with Crippen LogP contribution in [0.25, 0.3) is 17.1 Å². The standard InChI is InChI=1S/C18H11BrClN7/c19-17-16(10-22-27(17)15-3-1-2-14(20)8-15)18-23-25-26(24-18)11-13-6-4-12(9-21)5-7-13/h1-8,10H,11H2. The van der Waals surface area contributed by atoms with E-state index in [1.807, 2.05) is 30.3 Å². The van der Waals surface area contributed by atoms with Gasteiger partial charge >= 0.3 is 0 Å². The number of hydrogen-bond donors (Lipinski definition) is 0.